The summed E-state index contributed by atoms with van der Waals surface area (Å²) in [5.74, 6) is -2.02. The third-order valence-corrected chi connectivity index (χ3v) is 5.79. The zero-order valence-electron chi connectivity index (χ0n) is 17.2. The van der Waals surface area contributed by atoms with E-state index in [9.17, 15) is 18.4 Å². The number of carbonyl (C=O) groups is 1. The van der Waals surface area contributed by atoms with Gasteiger partial charge < -0.3 is 5.32 Å². The predicted octanol–water partition coefficient (Wildman–Crippen LogP) is 4.49. The molecule has 2 aromatic carbocycles. The van der Waals surface area contributed by atoms with Gasteiger partial charge >= 0.3 is 0 Å². The van der Waals surface area contributed by atoms with Crippen molar-refractivity contribution in [2.75, 3.05) is 5.32 Å². The van der Waals surface area contributed by atoms with Crippen LogP contribution in [-0.4, -0.2) is 25.7 Å². The van der Waals surface area contributed by atoms with Crippen LogP contribution in [0.4, 0.5) is 14.5 Å². The minimum atomic E-state index is -0.875. The van der Waals surface area contributed by atoms with Crippen LogP contribution < -0.4 is 10.9 Å². The summed E-state index contributed by atoms with van der Waals surface area (Å²) in [7, 11) is 0. The molecule has 0 aliphatic heterocycles. The van der Waals surface area contributed by atoms with Crippen molar-refractivity contribution in [2.24, 2.45) is 0 Å². The van der Waals surface area contributed by atoms with Gasteiger partial charge in [-0.15, -0.1) is 0 Å². The number of amides is 1. The maximum absolute atomic E-state index is 13.9. The van der Waals surface area contributed by atoms with Gasteiger partial charge in [0.25, 0.3) is 5.56 Å². The van der Waals surface area contributed by atoms with Gasteiger partial charge in [-0.25, -0.2) is 23.3 Å². The van der Waals surface area contributed by atoms with Crippen LogP contribution in [0.1, 0.15) is 12.5 Å². The number of anilines is 1. The van der Waals surface area contributed by atoms with Crippen molar-refractivity contribution in [3.63, 3.8) is 0 Å². The van der Waals surface area contributed by atoms with Crippen molar-refractivity contribution in [1.82, 2.24) is 14.5 Å². The number of para-hydroxylation sites is 2. The molecule has 0 aliphatic carbocycles. The highest BCUT2D eigenvalue weighted by Crippen LogP contribution is 2.26. The first-order chi connectivity index (χ1) is 15.3. The lowest BCUT2D eigenvalue weighted by Gasteiger charge is -2.16. The Morgan fingerprint density at radius 3 is 2.53 bits per heavy atom. The second-order valence-corrected chi connectivity index (χ2v) is 8.40. The molecule has 0 fully saturated rings. The maximum atomic E-state index is 13.9. The van der Waals surface area contributed by atoms with Crippen LogP contribution in [0.25, 0.3) is 16.7 Å². The smallest absolute Gasteiger partial charge is 0.267 e. The maximum Gasteiger partial charge on any atom is 0.267 e. The number of benzene rings is 2. The molecule has 4 aromatic rings. The molecule has 0 spiro atoms. The highest BCUT2D eigenvalue weighted by molar-refractivity contribution is 8.00. The van der Waals surface area contributed by atoms with Crippen LogP contribution in [0.5, 0.6) is 0 Å². The molecule has 1 atom stereocenters. The Morgan fingerprint density at radius 1 is 1.09 bits per heavy atom. The van der Waals surface area contributed by atoms with E-state index in [1.165, 1.54) is 10.6 Å². The van der Waals surface area contributed by atoms with Gasteiger partial charge in [-0.3, -0.25) is 9.59 Å². The van der Waals surface area contributed by atoms with Gasteiger partial charge in [0, 0.05) is 6.20 Å². The van der Waals surface area contributed by atoms with Gasteiger partial charge in [0.05, 0.1) is 16.2 Å². The number of rotatable bonds is 5. The minimum absolute atomic E-state index is 0.239. The monoisotopic (exact) mass is 452 g/mol. The van der Waals surface area contributed by atoms with Crippen LogP contribution >= 0.6 is 11.8 Å². The fourth-order valence-electron chi connectivity index (χ4n) is 3.09. The molecule has 6 nitrogen and oxygen atoms in total. The quantitative estimate of drug-likeness (QED) is 0.357. The Morgan fingerprint density at radius 2 is 1.81 bits per heavy atom. The number of pyridine rings is 1. The number of aryl methyl sites for hydroxylation is 1. The molecular formula is C23H18F2N4O2S. The summed E-state index contributed by atoms with van der Waals surface area (Å²) in [6.45, 7) is 3.44. The Balaban J connectivity index is 1.74. The molecule has 0 saturated heterocycles. The van der Waals surface area contributed by atoms with Crippen molar-refractivity contribution in [2.45, 2.75) is 24.3 Å². The Labute approximate surface area is 186 Å². The van der Waals surface area contributed by atoms with Crippen LogP contribution in [0.3, 0.4) is 0 Å². The number of thioether (sulfide) groups is 1. The molecular weight excluding hydrogens is 434 g/mol. The van der Waals surface area contributed by atoms with E-state index < -0.39 is 28.5 Å². The van der Waals surface area contributed by atoms with Gasteiger partial charge in [-0.2, -0.15) is 0 Å². The summed E-state index contributed by atoms with van der Waals surface area (Å²) in [6.07, 6.45) is 1.58. The summed E-state index contributed by atoms with van der Waals surface area (Å²) in [5, 5.41) is 2.10. The van der Waals surface area contributed by atoms with Crippen LogP contribution in [-0.2, 0) is 4.79 Å². The summed E-state index contributed by atoms with van der Waals surface area (Å²) in [4.78, 5) is 34.8. The Kier molecular flexibility index (Phi) is 6.00. The minimum Gasteiger partial charge on any atom is -0.320 e. The molecule has 162 valence electrons. The van der Waals surface area contributed by atoms with E-state index in [0.717, 1.165) is 29.5 Å². The number of hydrogen-bond donors (Lipinski definition) is 1. The number of fused-ring (bicyclic) bond motifs is 1. The van der Waals surface area contributed by atoms with Crippen molar-refractivity contribution < 1.29 is 13.6 Å². The normalized spacial score (nSPS) is 12.0. The van der Waals surface area contributed by atoms with E-state index in [-0.39, 0.29) is 10.7 Å². The van der Waals surface area contributed by atoms with Crippen molar-refractivity contribution >= 4 is 34.3 Å². The lowest BCUT2D eigenvalue weighted by atomic mass is 10.2. The molecule has 0 bridgehead atoms. The van der Waals surface area contributed by atoms with E-state index in [2.05, 4.69) is 15.3 Å². The van der Waals surface area contributed by atoms with E-state index in [4.69, 9.17) is 0 Å². The lowest BCUT2D eigenvalue weighted by Crippen LogP contribution is -2.27. The number of halogens is 2. The largest absolute Gasteiger partial charge is 0.320 e. The number of aromatic nitrogens is 3. The van der Waals surface area contributed by atoms with Crippen molar-refractivity contribution in [1.29, 1.82) is 0 Å². The summed E-state index contributed by atoms with van der Waals surface area (Å²) in [5.41, 5.74) is 0.515. The molecule has 2 heterocycles. The zero-order chi connectivity index (χ0) is 22.8. The first-order valence-electron chi connectivity index (χ1n) is 9.71. The van der Waals surface area contributed by atoms with Crippen LogP contribution in [0.2, 0.25) is 0 Å². The third-order valence-electron chi connectivity index (χ3n) is 4.74. The summed E-state index contributed by atoms with van der Waals surface area (Å²) in [6, 6.07) is 13.7. The van der Waals surface area contributed by atoms with E-state index in [1.807, 2.05) is 6.92 Å². The van der Waals surface area contributed by atoms with Gasteiger partial charge in [0.15, 0.2) is 5.16 Å². The number of nitrogens with one attached hydrogen (secondary N) is 1. The number of nitrogens with zero attached hydrogens (tertiary/aromatic N) is 3. The fourth-order valence-corrected chi connectivity index (χ4v) is 4.00. The SMILES string of the molecule is Cc1ccnc(-n2c(SC(C)C(=O)Nc3c(F)cccc3F)nc3ccccc3c2=O)c1. The topological polar surface area (TPSA) is 76.9 Å². The number of hydrogen-bond acceptors (Lipinski definition) is 5. The number of carbonyl (C=O) groups excluding carboxylic acids is 1. The van der Waals surface area contributed by atoms with Crippen LogP contribution in [0.15, 0.2) is 70.7 Å². The molecule has 1 amide bonds. The van der Waals surface area contributed by atoms with Gasteiger partial charge in [-0.1, -0.05) is 30.0 Å². The fraction of sp³-hybridized carbons (Fsp3) is 0.130. The molecule has 0 aliphatic rings. The lowest BCUT2D eigenvalue weighted by molar-refractivity contribution is -0.115. The first-order valence-corrected chi connectivity index (χ1v) is 10.6. The highest BCUT2D eigenvalue weighted by Gasteiger charge is 2.22. The summed E-state index contributed by atoms with van der Waals surface area (Å²) < 4.78 is 29.2. The van der Waals surface area contributed by atoms with Crippen LogP contribution in [0, 0.1) is 18.6 Å². The standard InChI is InChI=1S/C23H18F2N4O2S/c1-13-10-11-26-19(12-13)29-22(31)15-6-3-4-9-18(15)27-23(29)32-14(2)21(30)28-20-16(24)7-5-8-17(20)25/h3-12,14H,1-2H3,(H,28,30). The molecule has 0 radical (unpaired) electrons. The van der Waals surface area contributed by atoms with Crippen molar-refractivity contribution in [3.8, 4) is 5.82 Å². The molecule has 9 heteroatoms. The van der Waals surface area contributed by atoms with Gasteiger partial charge in [0.1, 0.15) is 23.1 Å². The third kappa shape index (κ3) is 4.24. The predicted molar refractivity (Wildman–Crippen MR) is 120 cm³/mol. The van der Waals surface area contributed by atoms with E-state index in [1.54, 1.807) is 49.5 Å². The molecule has 0 saturated carbocycles. The molecule has 1 unspecified atom stereocenters. The average Bonchev–Trinajstić information content (AvgIpc) is 2.76. The Hall–Kier alpha value is -3.59. The van der Waals surface area contributed by atoms with E-state index in [0.29, 0.717) is 16.7 Å². The summed E-state index contributed by atoms with van der Waals surface area (Å²) >= 11 is 0.994. The molecule has 4 rings (SSSR count). The second kappa shape index (κ2) is 8.88. The highest BCUT2D eigenvalue weighted by atomic mass is 32.2. The molecule has 32 heavy (non-hydrogen) atoms. The Bertz CT molecular complexity index is 1370. The van der Waals surface area contributed by atoms with E-state index >= 15 is 0 Å². The van der Waals surface area contributed by atoms with Crippen molar-refractivity contribution in [3.05, 3.63) is 88.3 Å². The second-order valence-electron chi connectivity index (χ2n) is 7.09. The van der Waals surface area contributed by atoms with Gasteiger partial charge in [-0.05, 0) is 55.8 Å². The molecule has 2 aromatic heterocycles. The zero-order valence-corrected chi connectivity index (χ0v) is 18.0. The molecule has 1 N–H and O–H groups in total. The average molecular weight is 452 g/mol. The van der Waals surface area contributed by atoms with Gasteiger partial charge in [0.2, 0.25) is 5.91 Å². The first kappa shape index (κ1) is 21.6.